The Morgan fingerprint density at radius 3 is 2.88 bits per heavy atom. The predicted molar refractivity (Wildman–Crippen MR) is 93.1 cm³/mol. The first-order valence-corrected chi connectivity index (χ1v) is 8.66. The molecule has 126 valence electrons. The molecule has 0 aliphatic heterocycles. The van der Waals surface area contributed by atoms with Crippen LogP contribution < -0.4 is 10.1 Å². The van der Waals surface area contributed by atoms with E-state index in [2.05, 4.69) is 27.4 Å². The van der Waals surface area contributed by atoms with Crippen molar-refractivity contribution in [2.45, 2.75) is 32.9 Å². The van der Waals surface area contributed by atoms with E-state index in [-0.39, 0.29) is 6.04 Å². The van der Waals surface area contributed by atoms with E-state index >= 15 is 0 Å². The number of aryl methyl sites for hydroxylation is 1. The molecule has 0 saturated heterocycles. The Morgan fingerprint density at radius 1 is 1.29 bits per heavy atom. The summed E-state index contributed by atoms with van der Waals surface area (Å²) in [5, 5.41) is 10.2. The molecule has 1 N–H and O–H groups in total. The Morgan fingerprint density at radius 2 is 2.12 bits per heavy atom. The molecule has 1 aromatic carbocycles. The molecule has 1 unspecified atom stereocenters. The van der Waals surface area contributed by atoms with Crippen molar-refractivity contribution in [3.8, 4) is 17.2 Å². The molecule has 0 saturated carbocycles. The molecule has 3 aromatic rings. The number of rotatable bonds is 7. The number of thiazole rings is 1. The fourth-order valence-corrected chi connectivity index (χ4v) is 2.81. The molecule has 0 spiro atoms. The lowest BCUT2D eigenvalue weighted by atomic mass is 10.2. The lowest BCUT2D eigenvalue weighted by Gasteiger charge is -2.07. The lowest BCUT2D eigenvalue weighted by molar-refractivity contribution is 0.301. The van der Waals surface area contributed by atoms with E-state index in [0.717, 1.165) is 16.3 Å². The molecule has 2 heterocycles. The van der Waals surface area contributed by atoms with Crippen molar-refractivity contribution < 1.29 is 9.26 Å². The summed E-state index contributed by atoms with van der Waals surface area (Å²) < 4.78 is 11.3. The smallest absolute Gasteiger partial charge is 0.261 e. The van der Waals surface area contributed by atoms with Gasteiger partial charge in [0.25, 0.3) is 5.89 Å². The maximum absolute atomic E-state index is 5.91. The summed E-state index contributed by atoms with van der Waals surface area (Å²) in [6.45, 7) is 4.47. The molecule has 0 fully saturated rings. The van der Waals surface area contributed by atoms with Gasteiger partial charge in [0.1, 0.15) is 12.4 Å². The number of para-hydroxylation sites is 1. The van der Waals surface area contributed by atoms with Crippen LogP contribution in [0.15, 0.2) is 34.2 Å². The van der Waals surface area contributed by atoms with Gasteiger partial charge in [-0.25, -0.2) is 4.98 Å². The number of ether oxygens (including phenoxy) is 1. The van der Waals surface area contributed by atoms with Crippen molar-refractivity contribution in [2.75, 3.05) is 7.05 Å². The number of hydrogen-bond acceptors (Lipinski definition) is 7. The van der Waals surface area contributed by atoms with Crippen LogP contribution in [0.2, 0.25) is 0 Å². The zero-order valence-corrected chi connectivity index (χ0v) is 14.8. The van der Waals surface area contributed by atoms with E-state index in [9.17, 15) is 0 Å². The van der Waals surface area contributed by atoms with Gasteiger partial charge < -0.3 is 14.6 Å². The first-order chi connectivity index (χ1) is 11.7. The van der Waals surface area contributed by atoms with E-state index in [0.29, 0.717) is 30.5 Å². The Hall–Kier alpha value is -2.25. The van der Waals surface area contributed by atoms with Crippen LogP contribution in [0.25, 0.3) is 11.5 Å². The molecule has 7 heteroatoms. The van der Waals surface area contributed by atoms with Crippen LogP contribution >= 0.6 is 11.3 Å². The summed E-state index contributed by atoms with van der Waals surface area (Å²) in [6.07, 6.45) is 0.709. The highest BCUT2D eigenvalue weighted by Gasteiger charge is 2.15. The van der Waals surface area contributed by atoms with Gasteiger partial charge in [-0.3, -0.25) is 0 Å². The normalized spacial score (nSPS) is 12.3. The van der Waals surface area contributed by atoms with E-state index in [1.54, 1.807) is 11.3 Å². The zero-order chi connectivity index (χ0) is 16.9. The summed E-state index contributed by atoms with van der Waals surface area (Å²) in [5.74, 6) is 1.86. The molecule has 0 bridgehead atoms. The average molecular weight is 344 g/mol. The highest BCUT2D eigenvalue weighted by atomic mass is 32.1. The lowest BCUT2D eigenvalue weighted by Crippen LogP contribution is -2.24. The molecule has 0 radical (unpaired) electrons. The third-order valence-electron chi connectivity index (χ3n) is 3.61. The van der Waals surface area contributed by atoms with Gasteiger partial charge in [-0.2, -0.15) is 4.98 Å². The summed E-state index contributed by atoms with van der Waals surface area (Å²) in [7, 11) is 1.91. The molecule has 1 atom stereocenters. The summed E-state index contributed by atoms with van der Waals surface area (Å²) in [5.41, 5.74) is 1.71. The van der Waals surface area contributed by atoms with Crippen molar-refractivity contribution in [1.29, 1.82) is 0 Å². The van der Waals surface area contributed by atoms with Crippen molar-refractivity contribution in [3.63, 3.8) is 0 Å². The van der Waals surface area contributed by atoms with Gasteiger partial charge >= 0.3 is 0 Å². The second kappa shape index (κ2) is 7.55. The Labute approximate surface area is 144 Å². The summed E-state index contributed by atoms with van der Waals surface area (Å²) in [6, 6.07) is 7.95. The van der Waals surface area contributed by atoms with E-state index < -0.39 is 0 Å². The molecule has 2 aromatic heterocycles. The first-order valence-electron chi connectivity index (χ1n) is 7.78. The number of benzene rings is 1. The van der Waals surface area contributed by atoms with Crippen LogP contribution in [0, 0.1) is 6.92 Å². The number of nitrogens with zero attached hydrogens (tertiary/aromatic N) is 3. The second-order valence-corrected chi connectivity index (χ2v) is 6.61. The van der Waals surface area contributed by atoms with Crippen molar-refractivity contribution >= 4 is 11.3 Å². The van der Waals surface area contributed by atoms with Gasteiger partial charge in [0, 0.05) is 17.8 Å². The monoisotopic (exact) mass is 344 g/mol. The van der Waals surface area contributed by atoms with Gasteiger partial charge in [-0.05, 0) is 33.0 Å². The molecule has 3 rings (SSSR count). The van der Waals surface area contributed by atoms with Crippen LogP contribution in [0.3, 0.4) is 0 Å². The zero-order valence-electron chi connectivity index (χ0n) is 13.9. The predicted octanol–water partition coefficient (Wildman–Crippen LogP) is 3.23. The average Bonchev–Trinajstić information content (AvgIpc) is 3.22. The number of aromatic nitrogens is 3. The highest BCUT2D eigenvalue weighted by Crippen LogP contribution is 2.29. The number of likely N-dealkylation sites (N-methyl/N-ethyl adjacent to an activating group) is 1. The van der Waals surface area contributed by atoms with Crippen LogP contribution in [0.4, 0.5) is 0 Å². The number of nitrogens with one attached hydrogen (secondary N) is 1. The highest BCUT2D eigenvalue weighted by molar-refractivity contribution is 7.09. The third kappa shape index (κ3) is 3.98. The fraction of sp³-hybridized carbons (Fsp3) is 0.353. The van der Waals surface area contributed by atoms with Gasteiger partial charge in [-0.1, -0.05) is 17.3 Å². The molecule has 0 aliphatic carbocycles. The molecule has 0 aliphatic rings. The van der Waals surface area contributed by atoms with Crippen molar-refractivity contribution in [2.24, 2.45) is 0 Å². The van der Waals surface area contributed by atoms with E-state index in [4.69, 9.17) is 9.26 Å². The van der Waals surface area contributed by atoms with Crippen LogP contribution in [-0.2, 0) is 13.0 Å². The van der Waals surface area contributed by atoms with Gasteiger partial charge in [0.05, 0.1) is 16.3 Å². The Bertz CT molecular complexity index is 799. The minimum absolute atomic E-state index is 0.287. The van der Waals surface area contributed by atoms with Crippen LogP contribution in [0.5, 0.6) is 5.75 Å². The maximum Gasteiger partial charge on any atom is 0.261 e. The topological polar surface area (TPSA) is 73.1 Å². The molecule has 0 amide bonds. The summed E-state index contributed by atoms with van der Waals surface area (Å²) in [4.78, 5) is 8.89. The number of hydrogen-bond donors (Lipinski definition) is 1. The van der Waals surface area contributed by atoms with Gasteiger partial charge in [-0.15, -0.1) is 11.3 Å². The first kappa shape index (κ1) is 16.6. The summed E-state index contributed by atoms with van der Waals surface area (Å²) >= 11 is 1.61. The Kier molecular flexibility index (Phi) is 5.22. The SMILES string of the molecule is CNC(C)Cc1noc(-c2ccccc2OCc2csc(C)n2)n1. The largest absolute Gasteiger partial charge is 0.486 e. The maximum atomic E-state index is 5.91. The van der Waals surface area contributed by atoms with Crippen molar-refractivity contribution in [3.05, 3.63) is 46.2 Å². The van der Waals surface area contributed by atoms with Crippen LogP contribution in [0.1, 0.15) is 23.4 Å². The van der Waals surface area contributed by atoms with E-state index in [1.807, 2.05) is 43.6 Å². The quantitative estimate of drug-likeness (QED) is 0.709. The molecule has 24 heavy (non-hydrogen) atoms. The minimum Gasteiger partial charge on any atom is -0.486 e. The van der Waals surface area contributed by atoms with Gasteiger partial charge in [0.15, 0.2) is 5.82 Å². The van der Waals surface area contributed by atoms with Crippen LogP contribution in [-0.4, -0.2) is 28.2 Å². The molecular weight excluding hydrogens is 324 g/mol. The van der Waals surface area contributed by atoms with Gasteiger partial charge in [0.2, 0.25) is 0 Å². The Balaban J connectivity index is 1.76. The minimum atomic E-state index is 0.287. The third-order valence-corrected chi connectivity index (χ3v) is 4.43. The fourth-order valence-electron chi connectivity index (χ4n) is 2.22. The molecular formula is C17H20N4O2S. The van der Waals surface area contributed by atoms with E-state index in [1.165, 1.54) is 0 Å². The van der Waals surface area contributed by atoms with Crippen molar-refractivity contribution in [1.82, 2.24) is 20.4 Å². The molecule has 6 nitrogen and oxygen atoms in total. The second-order valence-electron chi connectivity index (χ2n) is 5.55. The standard InChI is InChI=1S/C17H20N4O2S/c1-11(18-3)8-16-20-17(23-21-16)14-6-4-5-7-15(14)22-9-13-10-24-12(2)19-13/h4-7,10-11,18H,8-9H2,1-3H3.